The predicted molar refractivity (Wildman–Crippen MR) is 103 cm³/mol. The quantitative estimate of drug-likeness (QED) is 0.692. The minimum absolute atomic E-state index is 0.129. The van der Waals surface area contributed by atoms with Crippen LogP contribution in [0.3, 0.4) is 0 Å². The zero-order chi connectivity index (χ0) is 23.1. The average molecular weight is 461 g/mol. The molecule has 11 heteroatoms. The first kappa shape index (κ1) is 23.3. The highest BCUT2D eigenvalue weighted by Crippen LogP contribution is 2.42. The first-order valence-corrected chi connectivity index (χ1v) is 11.1. The summed E-state index contributed by atoms with van der Waals surface area (Å²) in [4.78, 5) is 10.6. The summed E-state index contributed by atoms with van der Waals surface area (Å²) in [5.41, 5.74) is -0.445. The number of aliphatic carboxylic acids is 1. The first-order valence-electron chi connectivity index (χ1n) is 9.60. The standard InChI is InChI=1S/C20H22F3NO6S/c1-4-29-16-9-13(8-14(16)19(25)26)31(27,28)17-6-5-12(7-15(17)20(21,22)23)18-10(2)24-30-11(18)3/h5-7,13-14,16H,4,8-9H2,1-3H3,(H,25,26)/t13-,14-,16-/m0/s1. The second kappa shape index (κ2) is 8.27. The van der Waals surface area contributed by atoms with E-state index in [1.807, 2.05) is 0 Å². The van der Waals surface area contributed by atoms with E-state index in [9.17, 15) is 31.5 Å². The van der Waals surface area contributed by atoms with Crippen molar-refractivity contribution < 1.29 is 40.8 Å². The predicted octanol–water partition coefficient (Wildman–Crippen LogP) is 4.02. The minimum atomic E-state index is -4.94. The van der Waals surface area contributed by atoms with Gasteiger partial charge in [-0.1, -0.05) is 11.2 Å². The Kier molecular flexibility index (Phi) is 6.21. The molecule has 1 aliphatic carbocycles. The zero-order valence-corrected chi connectivity index (χ0v) is 17.9. The number of hydrogen-bond donors (Lipinski definition) is 1. The number of aryl methyl sites for hydroxylation is 2. The van der Waals surface area contributed by atoms with E-state index in [-0.39, 0.29) is 25.0 Å². The summed E-state index contributed by atoms with van der Waals surface area (Å²) in [6.07, 6.45) is -6.32. The van der Waals surface area contributed by atoms with Gasteiger partial charge in [0.1, 0.15) is 5.76 Å². The van der Waals surface area contributed by atoms with Gasteiger partial charge >= 0.3 is 12.1 Å². The van der Waals surface area contributed by atoms with E-state index in [0.29, 0.717) is 17.0 Å². The number of alkyl halides is 3. The molecule has 1 aliphatic rings. The molecule has 0 bridgehead atoms. The molecular weight excluding hydrogens is 439 g/mol. The Hall–Kier alpha value is -2.40. The molecule has 1 saturated carbocycles. The summed E-state index contributed by atoms with van der Waals surface area (Å²) in [6.45, 7) is 4.92. The van der Waals surface area contributed by atoms with E-state index in [1.54, 1.807) is 20.8 Å². The number of carboxylic acid groups (broad SMARTS) is 1. The van der Waals surface area contributed by atoms with Crippen LogP contribution < -0.4 is 0 Å². The Labute approximate surface area is 177 Å². The Morgan fingerprint density at radius 2 is 1.97 bits per heavy atom. The summed E-state index contributed by atoms with van der Waals surface area (Å²) in [5, 5.41) is 11.8. The molecule has 0 aliphatic heterocycles. The molecule has 0 amide bonds. The average Bonchev–Trinajstić information content (AvgIpc) is 3.25. The number of aromatic nitrogens is 1. The summed E-state index contributed by atoms with van der Waals surface area (Å²) < 4.78 is 78.3. The Morgan fingerprint density at radius 1 is 1.29 bits per heavy atom. The number of nitrogens with zero attached hydrogens (tertiary/aromatic N) is 1. The van der Waals surface area contributed by atoms with Gasteiger partial charge in [-0.2, -0.15) is 13.2 Å². The minimum Gasteiger partial charge on any atom is -0.481 e. The lowest BCUT2D eigenvalue weighted by atomic mass is 10.0. The molecule has 1 aromatic heterocycles. The molecule has 3 rings (SSSR count). The van der Waals surface area contributed by atoms with Gasteiger partial charge in [0.05, 0.1) is 33.4 Å². The molecule has 1 heterocycles. The number of halogens is 3. The van der Waals surface area contributed by atoms with Crippen molar-refractivity contribution in [1.29, 1.82) is 0 Å². The second-order valence-corrected chi connectivity index (χ2v) is 9.68. The van der Waals surface area contributed by atoms with E-state index in [1.165, 1.54) is 6.07 Å². The van der Waals surface area contributed by atoms with Crippen LogP contribution in [-0.4, -0.2) is 42.6 Å². The Morgan fingerprint density at radius 3 is 2.48 bits per heavy atom. The third kappa shape index (κ3) is 4.33. The molecule has 0 radical (unpaired) electrons. The largest absolute Gasteiger partial charge is 0.481 e. The number of carbonyl (C=O) groups is 1. The van der Waals surface area contributed by atoms with Crippen molar-refractivity contribution in [1.82, 2.24) is 5.16 Å². The summed E-state index contributed by atoms with van der Waals surface area (Å²) >= 11 is 0. The highest BCUT2D eigenvalue weighted by atomic mass is 32.2. The maximum absolute atomic E-state index is 13.9. The molecule has 31 heavy (non-hydrogen) atoms. The first-order chi connectivity index (χ1) is 14.4. The molecule has 1 aromatic carbocycles. The molecule has 7 nitrogen and oxygen atoms in total. The molecule has 3 atom stereocenters. The lowest BCUT2D eigenvalue weighted by Gasteiger charge is -2.18. The van der Waals surface area contributed by atoms with E-state index in [2.05, 4.69) is 5.16 Å². The van der Waals surface area contributed by atoms with E-state index in [4.69, 9.17) is 9.26 Å². The summed E-state index contributed by atoms with van der Waals surface area (Å²) in [6, 6.07) is 2.96. The third-order valence-electron chi connectivity index (χ3n) is 5.51. The Balaban J connectivity index is 2.08. The van der Waals surface area contributed by atoms with E-state index < -0.39 is 49.7 Å². The van der Waals surface area contributed by atoms with Crippen LogP contribution in [0, 0.1) is 19.8 Å². The van der Waals surface area contributed by atoms with Crippen LogP contribution in [0.5, 0.6) is 0 Å². The SMILES string of the molecule is CCO[C@H]1C[C@@H](S(=O)(=O)c2ccc(-c3c(C)noc3C)cc2C(F)(F)F)C[C@@H]1C(=O)O. The fourth-order valence-electron chi connectivity index (χ4n) is 4.10. The topological polar surface area (TPSA) is 107 Å². The van der Waals surface area contributed by atoms with Crippen molar-refractivity contribution >= 4 is 15.8 Å². The maximum Gasteiger partial charge on any atom is 0.417 e. The molecule has 0 saturated heterocycles. The number of ether oxygens (including phenoxy) is 1. The van der Waals surface area contributed by atoms with Gasteiger partial charge in [-0.25, -0.2) is 8.42 Å². The summed E-state index contributed by atoms with van der Waals surface area (Å²) in [5.74, 6) is -2.03. The third-order valence-corrected chi connectivity index (χ3v) is 7.74. The van der Waals surface area contributed by atoms with Crippen LogP contribution in [-0.2, 0) is 25.5 Å². The van der Waals surface area contributed by atoms with E-state index >= 15 is 0 Å². The number of sulfone groups is 1. The van der Waals surface area contributed by atoms with Gasteiger partial charge in [-0.15, -0.1) is 0 Å². The van der Waals surface area contributed by atoms with Gasteiger partial charge < -0.3 is 14.4 Å². The second-order valence-electron chi connectivity index (χ2n) is 7.48. The Bertz CT molecular complexity index is 1070. The van der Waals surface area contributed by atoms with Crippen molar-refractivity contribution in [2.24, 2.45) is 5.92 Å². The van der Waals surface area contributed by atoms with Crippen LogP contribution in [0.1, 0.15) is 36.8 Å². The highest BCUT2D eigenvalue weighted by molar-refractivity contribution is 7.92. The lowest BCUT2D eigenvalue weighted by Crippen LogP contribution is -2.25. The van der Waals surface area contributed by atoms with Gasteiger partial charge in [-0.3, -0.25) is 4.79 Å². The van der Waals surface area contributed by atoms with E-state index in [0.717, 1.165) is 12.1 Å². The van der Waals surface area contributed by atoms with Crippen LogP contribution in [0.4, 0.5) is 13.2 Å². The molecule has 0 unspecified atom stereocenters. The van der Waals surface area contributed by atoms with Gasteiger partial charge in [0, 0.05) is 12.2 Å². The van der Waals surface area contributed by atoms with Gasteiger partial charge in [-0.05, 0) is 51.3 Å². The molecule has 1 fully saturated rings. The fraction of sp³-hybridized carbons (Fsp3) is 0.500. The van der Waals surface area contributed by atoms with Crippen LogP contribution in [0.25, 0.3) is 11.1 Å². The molecule has 0 spiro atoms. The van der Waals surface area contributed by atoms with Crippen molar-refractivity contribution in [2.75, 3.05) is 6.61 Å². The van der Waals surface area contributed by atoms with Crippen LogP contribution in [0.15, 0.2) is 27.6 Å². The lowest BCUT2D eigenvalue weighted by molar-refractivity contribution is -0.146. The monoisotopic (exact) mass is 461 g/mol. The molecule has 2 aromatic rings. The zero-order valence-electron chi connectivity index (χ0n) is 17.1. The van der Waals surface area contributed by atoms with Gasteiger partial charge in [0.25, 0.3) is 0 Å². The smallest absolute Gasteiger partial charge is 0.417 e. The van der Waals surface area contributed by atoms with Gasteiger partial charge in [0.15, 0.2) is 9.84 Å². The number of rotatable bonds is 6. The molecular formula is C20H22F3NO6S. The van der Waals surface area contributed by atoms with Gasteiger partial charge in [0.2, 0.25) is 0 Å². The maximum atomic E-state index is 13.9. The van der Waals surface area contributed by atoms with Crippen molar-refractivity contribution in [3.8, 4) is 11.1 Å². The number of benzene rings is 1. The normalized spacial score (nSPS) is 22.1. The molecule has 1 N–H and O–H groups in total. The van der Waals surface area contributed by atoms with Crippen molar-refractivity contribution in [3.05, 3.63) is 35.2 Å². The highest BCUT2D eigenvalue weighted by Gasteiger charge is 2.47. The number of hydrogen-bond acceptors (Lipinski definition) is 6. The fourth-order valence-corrected chi connectivity index (χ4v) is 6.10. The summed E-state index contributed by atoms with van der Waals surface area (Å²) in [7, 11) is -4.48. The van der Waals surface area contributed by atoms with Crippen molar-refractivity contribution in [2.45, 2.75) is 56.0 Å². The van der Waals surface area contributed by atoms with Crippen LogP contribution >= 0.6 is 0 Å². The van der Waals surface area contributed by atoms with Crippen LogP contribution in [0.2, 0.25) is 0 Å². The number of carboxylic acids is 1. The van der Waals surface area contributed by atoms with Crippen molar-refractivity contribution in [3.63, 3.8) is 0 Å². The molecule has 170 valence electrons.